The first-order chi connectivity index (χ1) is 17.6. The molecule has 2 N–H and O–H groups in total. The van der Waals surface area contributed by atoms with E-state index in [0.717, 1.165) is 42.2 Å². The Morgan fingerprint density at radius 3 is 2.83 bits per heavy atom. The number of hydrogen-bond donors (Lipinski definition) is 2. The van der Waals surface area contributed by atoms with Gasteiger partial charge in [-0.2, -0.15) is 9.61 Å². The van der Waals surface area contributed by atoms with E-state index in [-0.39, 0.29) is 6.42 Å². The van der Waals surface area contributed by atoms with E-state index in [1.54, 1.807) is 12.2 Å². The second-order valence-electron chi connectivity index (χ2n) is 8.53. The lowest BCUT2D eigenvalue weighted by Crippen LogP contribution is -2.37. The maximum absolute atomic E-state index is 14.0. The molecule has 1 unspecified atom stereocenters. The van der Waals surface area contributed by atoms with Gasteiger partial charge in [0.25, 0.3) is 0 Å². The van der Waals surface area contributed by atoms with Crippen molar-refractivity contribution in [2.45, 2.75) is 32.9 Å². The van der Waals surface area contributed by atoms with E-state index in [0.29, 0.717) is 30.4 Å². The van der Waals surface area contributed by atoms with Crippen LogP contribution in [-0.4, -0.2) is 53.3 Å². The average molecular weight is 489 g/mol. The van der Waals surface area contributed by atoms with Crippen LogP contribution in [0.3, 0.4) is 0 Å². The predicted octanol–water partition coefficient (Wildman–Crippen LogP) is 5.66. The Bertz CT molecular complexity index is 1260. The van der Waals surface area contributed by atoms with Crippen LogP contribution in [0, 0.1) is 5.41 Å². The highest BCUT2D eigenvalue weighted by atomic mass is 19.1. The van der Waals surface area contributed by atoms with Crippen LogP contribution in [0.1, 0.15) is 32.4 Å². The number of hydrogen-bond acceptors (Lipinski definition) is 6. The number of fused-ring (bicyclic) bond motifs is 1. The maximum Gasteiger partial charge on any atom is 0.160 e. The topological polar surface area (TPSA) is 78.5 Å². The Morgan fingerprint density at radius 1 is 1.28 bits per heavy atom. The molecule has 1 atom stereocenters. The molecule has 4 rings (SSSR count). The zero-order valence-electron chi connectivity index (χ0n) is 20.8. The summed E-state index contributed by atoms with van der Waals surface area (Å²) in [6.45, 7) is 6.86. The summed E-state index contributed by atoms with van der Waals surface area (Å²) >= 11 is 0. The number of anilines is 2. The second-order valence-corrected chi connectivity index (χ2v) is 8.53. The van der Waals surface area contributed by atoms with E-state index < -0.39 is 6.17 Å². The second kappa shape index (κ2) is 12.3. The van der Waals surface area contributed by atoms with E-state index in [9.17, 15) is 4.39 Å². The van der Waals surface area contributed by atoms with Crippen LogP contribution in [-0.2, 0) is 4.74 Å². The van der Waals surface area contributed by atoms with Gasteiger partial charge in [0.1, 0.15) is 17.8 Å². The Hall–Kier alpha value is -3.78. The highest BCUT2D eigenvalue weighted by molar-refractivity contribution is 5.76. The van der Waals surface area contributed by atoms with Gasteiger partial charge in [-0.3, -0.25) is 0 Å². The van der Waals surface area contributed by atoms with Crippen molar-refractivity contribution in [2.24, 2.45) is 0 Å². The number of halogens is 1. The van der Waals surface area contributed by atoms with Crippen LogP contribution in [0.25, 0.3) is 11.2 Å². The largest absolute Gasteiger partial charge is 0.378 e. The summed E-state index contributed by atoms with van der Waals surface area (Å²) in [5, 5.41) is 15.9. The molecule has 1 aliphatic carbocycles. The van der Waals surface area contributed by atoms with Gasteiger partial charge in [0.2, 0.25) is 0 Å². The fourth-order valence-corrected chi connectivity index (χ4v) is 4.18. The van der Waals surface area contributed by atoms with E-state index in [2.05, 4.69) is 29.3 Å². The van der Waals surface area contributed by atoms with Crippen LogP contribution >= 0.6 is 0 Å². The number of ether oxygens (including phenoxy) is 1. The van der Waals surface area contributed by atoms with Crippen molar-refractivity contribution in [3.8, 4) is 0 Å². The van der Waals surface area contributed by atoms with Crippen LogP contribution in [0.5, 0.6) is 0 Å². The third-order valence-electron chi connectivity index (χ3n) is 5.92. The molecule has 36 heavy (non-hydrogen) atoms. The summed E-state index contributed by atoms with van der Waals surface area (Å²) < 4.78 is 21.5. The molecule has 7 nitrogen and oxygen atoms in total. The molecule has 2 aliphatic rings. The molecule has 0 saturated carbocycles. The Kier molecular flexibility index (Phi) is 8.62. The standard InChI is InChI=1S/C28H33FN6O/c1-3-5-6-9-21(8-4-2)25-19-27-32-26(20-28(35(27)33-25)34-14-16-36-17-15-34)31-24(12-13-30)22-10-7-11-23(29)18-22/h4-13,19-20,23,30H,3,14-18H2,1-2H3,(H,31,32)/b6-5+,8-4-,21-9+,24-12-,30-13?. The van der Waals surface area contributed by atoms with Crippen molar-refractivity contribution in [2.75, 3.05) is 36.5 Å². The third-order valence-corrected chi connectivity index (χ3v) is 5.92. The molecule has 2 aromatic heterocycles. The van der Waals surface area contributed by atoms with Gasteiger partial charge in [0, 0.05) is 49.1 Å². The van der Waals surface area contributed by atoms with Crippen LogP contribution in [0.2, 0.25) is 0 Å². The summed E-state index contributed by atoms with van der Waals surface area (Å²) in [5.74, 6) is 1.51. The van der Waals surface area contributed by atoms with Gasteiger partial charge in [-0.15, -0.1) is 0 Å². The minimum Gasteiger partial charge on any atom is -0.378 e. The van der Waals surface area contributed by atoms with Crippen molar-refractivity contribution in [3.05, 3.63) is 83.8 Å². The molecule has 0 amide bonds. The molecular weight excluding hydrogens is 455 g/mol. The van der Waals surface area contributed by atoms with E-state index in [4.69, 9.17) is 20.2 Å². The fourth-order valence-electron chi connectivity index (χ4n) is 4.18. The zero-order chi connectivity index (χ0) is 25.3. The summed E-state index contributed by atoms with van der Waals surface area (Å²) in [5.41, 5.74) is 3.96. The highest BCUT2D eigenvalue weighted by Gasteiger charge is 2.20. The summed E-state index contributed by atoms with van der Waals surface area (Å²) in [7, 11) is 0. The molecule has 1 aliphatic heterocycles. The molecule has 0 bridgehead atoms. The number of alkyl halides is 1. The minimum absolute atomic E-state index is 0.251. The van der Waals surface area contributed by atoms with E-state index in [1.807, 2.05) is 47.9 Å². The lowest BCUT2D eigenvalue weighted by molar-refractivity contribution is 0.122. The van der Waals surface area contributed by atoms with Crippen LogP contribution in [0.15, 0.2) is 78.1 Å². The van der Waals surface area contributed by atoms with Crippen molar-refractivity contribution < 1.29 is 9.13 Å². The number of aromatic nitrogens is 3. The number of nitrogens with zero attached hydrogens (tertiary/aromatic N) is 4. The minimum atomic E-state index is -1.05. The molecule has 3 heterocycles. The highest BCUT2D eigenvalue weighted by Crippen LogP contribution is 2.28. The molecule has 0 aromatic carbocycles. The first kappa shape index (κ1) is 25.3. The monoisotopic (exact) mass is 488 g/mol. The molecular formula is C28H33FN6O. The van der Waals surface area contributed by atoms with Crippen molar-refractivity contribution >= 4 is 29.1 Å². The first-order valence-electron chi connectivity index (χ1n) is 12.4. The Balaban J connectivity index is 1.78. The van der Waals surface area contributed by atoms with Crippen molar-refractivity contribution in [3.63, 3.8) is 0 Å². The van der Waals surface area contributed by atoms with E-state index in [1.165, 1.54) is 12.3 Å². The third kappa shape index (κ3) is 6.07. The molecule has 2 aromatic rings. The molecule has 0 spiro atoms. The van der Waals surface area contributed by atoms with Gasteiger partial charge in [0.15, 0.2) is 5.65 Å². The molecule has 188 valence electrons. The van der Waals surface area contributed by atoms with Gasteiger partial charge in [-0.25, -0.2) is 9.37 Å². The van der Waals surface area contributed by atoms with Crippen molar-refractivity contribution in [1.29, 1.82) is 5.41 Å². The lowest BCUT2D eigenvalue weighted by Gasteiger charge is -2.29. The quantitative estimate of drug-likeness (QED) is 0.352. The molecule has 1 fully saturated rings. The number of morpholine rings is 1. The summed E-state index contributed by atoms with van der Waals surface area (Å²) in [6.07, 6.45) is 18.4. The summed E-state index contributed by atoms with van der Waals surface area (Å²) in [4.78, 5) is 7.07. The predicted molar refractivity (Wildman–Crippen MR) is 145 cm³/mol. The van der Waals surface area contributed by atoms with Gasteiger partial charge in [-0.05, 0) is 25.0 Å². The molecule has 8 heteroatoms. The van der Waals surface area contributed by atoms with Gasteiger partial charge >= 0.3 is 0 Å². The van der Waals surface area contributed by atoms with Crippen LogP contribution in [0.4, 0.5) is 16.0 Å². The van der Waals surface area contributed by atoms with Gasteiger partial charge in [-0.1, -0.05) is 55.5 Å². The number of nitrogens with one attached hydrogen (secondary N) is 2. The SMILES string of the molecule is C\C=C/C(=C\C=C\CC)c1cc2nc(N/C(=C\C=N)C3=CC=CC(F)C3)cc(N3CCOCC3)n2n1. The smallest absolute Gasteiger partial charge is 0.160 e. The van der Waals surface area contributed by atoms with E-state index >= 15 is 0 Å². The molecule has 0 radical (unpaired) electrons. The van der Waals surface area contributed by atoms with Gasteiger partial charge < -0.3 is 20.4 Å². The van der Waals surface area contributed by atoms with Crippen molar-refractivity contribution in [1.82, 2.24) is 14.6 Å². The van der Waals surface area contributed by atoms with Gasteiger partial charge in [0.05, 0.1) is 18.9 Å². The Morgan fingerprint density at radius 2 is 2.11 bits per heavy atom. The normalized spacial score (nSPS) is 19.5. The number of rotatable bonds is 9. The fraction of sp³-hybridized carbons (Fsp3) is 0.321. The number of allylic oxidation sites excluding steroid dienone is 11. The average Bonchev–Trinajstić information content (AvgIpc) is 3.32. The Labute approximate surface area is 211 Å². The summed E-state index contributed by atoms with van der Waals surface area (Å²) in [6, 6.07) is 3.93. The molecule has 1 saturated heterocycles. The maximum atomic E-state index is 14.0. The lowest BCUT2D eigenvalue weighted by atomic mass is 10.0. The van der Waals surface area contributed by atoms with Crippen LogP contribution < -0.4 is 10.2 Å². The zero-order valence-corrected chi connectivity index (χ0v) is 20.8. The first-order valence-corrected chi connectivity index (χ1v) is 12.4.